The maximum absolute atomic E-state index is 11.2. The van der Waals surface area contributed by atoms with Crippen molar-refractivity contribution in [3.63, 3.8) is 0 Å². The van der Waals surface area contributed by atoms with Crippen molar-refractivity contribution in [3.8, 4) is 0 Å². The standard InChI is InChI=1S/C12H12O2/c1-9-2-4-10(5-3-9)8-11-6-7-14-12(11)13/h2-6H,7-8H2,1H3. The first-order chi connectivity index (χ1) is 6.75. The molecule has 0 spiro atoms. The molecule has 0 unspecified atom stereocenters. The highest BCUT2D eigenvalue weighted by atomic mass is 16.5. The molecule has 1 heterocycles. The van der Waals surface area contributed by atoms with Crippen molar-refractivity contribution >= 4 is 5.97 Å². The quantitative estimate of drug-likeness (QED) is 0.664. The van der Waals surface area contributed by atoms with Crippen LogP contribution in [-0.2, 0) is 16.0 Å². The molecule has 2 nitrogen and oxygen atoms in total. The van der Waals surface area contributed by atoms with E-state index in [2.05, 4.69) is 12.1 Å². The van der Waals surface area contributed by atoms with Crippen LogP contribution in [0.1, 0.15) is 11.1 Å². The van der Waals surface area contributed by atoms with Crippen molar-refractivity contribution in [2.24, 2.45) is 0 Å². The van der Waals surface area contributed by atoms with E-state index in [1.54, 1.807) is 0 Å². The highest BCUT2D eigenvalue weighted by Gasteiger charge is 2.16. The molecule has 0 amide bonds. The average molecular weight is 188 g/mol. The third-order valence-corrected chi connectivity index (χ3v) is 2.32. The summed E-state index contributed by atoms with van der Waals surface area (Å²) in [4.78, 5) is 11.2. The lowest BCUT2D eigenvalue weighted by Gasteiger charge is -2.00. The van der Waals surface area contributed by atoms with Crippen LogP contribution in [0.3, 0.4) is 0 Å². The van der Waals surface area contributed by atoms with Gasteiger partial charge in [0.2, 0.25) is 0 Å². The predicted octanol–water partition coefficient (Wildman–Crippen LogP) is 2.02. The Kier molecular flexibility index (Phi) is 2.35. The third kappa shape index (κ3) is 1.84. The lowest BCUT2D eigenvalue weighted by atomic mass is 10.0. The van der Waals surface area contributed by atoms with Gasteiger partial charge in [-0.15, -0.1) is 0 Å². The zero-order valence-electron chi connectivity index (χ0n) is 8.12. The van der Waals surface area contributed by atoms with Gasteiger partial charge in [-0.05, 0) is 18.6 Å². The summed E-state index contributed by atoms with van der Waals surface area (Å²) in [6, 6.07) is 8.19. The molecule has 2 heteroatoms. The van der Waals surface area contributed by atoms with E-state index in [4.69, 9.17) is 4.74 Å². The van der Waals surface area contributed by atoms with Crippen LogP contribution in [0.25, 0.3) is 0 Å². The fraction of sp³-hybridized carbons (Fsp3) is 0.250. The SMILES string of the molecule is Cc1ccc(CC2=CCOC2=O)cc1. The van der Waals surface area contributed by atoms with Crippen LogP contribution in [0.15, 0.2) is 35.9 Å². The minimum absolute atomic E-state index is 0.175. The Morgan fingerprint density at radius 1 is 1.29 bits per heavy atom. The number of rotatable bonds is 2. The highest BCUT2D eigenvalue weighted by Crippen LogP contribution is 2.14. The summed E-state index contributed by atoms with van der Waals surface area (Å²) in [5.41, 5.74) is 3.16. The van der Waals surface area contributed by atoms with Crippen LogP contribution < -0.4 is 0 Å². The van der Waals surface area contributed by atoms with Gasteiger partial charge in [-0.1, -0.05) is 29.8 Å². The van der Waals surface area contributed by atoms with E-state index >= 15 is 0 Å². The van der Waals surface area contributed by atoms with Crippen molar-refractivity contribution in [1.29, 1.82) is 0 Å². The molecule has 0 atom stereocenters. The Bertz CT molecular complexity index is 374. The molecular formula is C12H12O2. The largest absolute Gasteiger partial charge is 0.458 e. The normalized spacial score (nSPS) is 15.2. The van der Waals surface area contributed by atoms with Gasteiger partial charge >= 0.3 is 5.97 Å². The minimum atomic E-state index is -0.175. The van der Waals surface area contributed by atoms with Gasteiger partial charge in [0.05, 0.1) is 0 Å². The topological polar surface area (TPSA) is 26.3 Å². The highest BCUT2D eigenvalue weighted by molar-refractivity contribution is 5.90. The van der Waals surface area contributed by atoms with E-state index in [1.807, 2.05) is 25.1 Å². The van der Waals surface area contributed by atoms with Gasteiger partial charge in [0.25, 0.3) is 0 Å². The van der Waals surface area contributed by atoms with E-state index < -0.39 is 0 Å². The van der Waals surface area contributed by atoms with Gasteiger partial charge in [-0.2, -0.15) is 0 Å². The van der Waals surface area contributed by atoms with Gasteiger partial charge in [-0.25, -0.2) is 4.79 Å². The van der Waals surface area contributed by atoms with Crippen molar-refractivity contribution in [2.75, 3.05) is 6.61 Å². The molecule has 1 aliphatic heterocycles. The molecule has 1 aromatic carbocycles. The number of benzene rings is 1. The molecule has 0 bridgehead atoms. The van der Waals surface area contributed by atoms with Crippen molar-refractivity contribution in [3.05, 3.63) is 47.0 Å². The number of cyclic esters (lactones) is 1. The molecule has 2 rings (SSSR count). The number of hydrogen-bond acceptors (Lipinski definition) is 2. The van der Waals surface area contributed by atoms with Gasteiger partial charge in [0.15, 0.2) is 0 Å². The average Bonchev–Trinajstić information content (AvgIpc) is 2.56. The number of ether oxygens (including phenoxy) is 1. The Morgan fingerprint density at radius 3 is 2.57 bits per heavy atom. The minimum Gasteiger partial charge on any atom is -0.458 e. The summed E-state index contributed by atoms with van der Waals surface area (Å²) in [6.45, 7) is 2.48. The van der Waals surface area contributed by atoms with Crippen molar-refractivity contribution < 1.29 is 9.53 Å². The Labute approximate surface area is 83.2 Å². The summed E-state index contributed by atoms with van der Waals surface area (Å²) in [7, 11) is 0. The third-order valence-electron chi connectivity index (χ3n) is 2.32. The summed E-state index contributed by atoms with van der Waals surface area (Å²) < 4.78 is 4.83. The molecule has 0 fully saturated rings. The number of carbonyl (C=O) groups excluding carboxylic acids is 1. The van der Waals surface area contributed by atoms with E-state index in [0.29, 0.717) is 13.0 Å². The smallest absolute Gasteiger partial charge is 0.334 e. The molecule has 14 heavy (non-hydrogen) atoms. The van der Waals surface area contributed by atoms with Crippen LogP contribution in [-0.4, -0.2) is 12.6 Å². The van der Waals surface area contributed by atoms with Crippen LogP contribution >= 0.6 is 0 Å². The molecule has 1 aliphatic rings. The summed E-state index contributed by atoms with van der Waals surface area (Å²) in [6.07, 6.45) is 2.53. The second-order valence-electron chi connectivity index (χ2n) is 3.49. The summed E-state index contributed by atoms with van der Waals surface area (Å²) >= 11 is 0. The molecule has 0 N–H and O–H groups in total. The van der Waals surface area contributed by atoms with Crippen LogP contribution in [0.5, 0.6) is 0 Å². The first-order valence-electron chi connectivity index (χ1n) is 4.67. The van der Waals surface area contributed by atoms with Crippen LogP contribution in [0.2, 0.25) is 0 Å². The van der Waals surface area contributed by atoms with Gasteiger partial charge in [0, 0.05) is 12.0 Å². The molecule has 0 aromatic heterocycles. The molecule has 1 aromatic rings. The monoisotopic (exact) mass is 188 g/mol. The van der Waals surface area contributed by atoms with Crippen LogP contribution in [0.4, 0.5) is 0 Å². The fourth-order valence-electron chi connectivity index (χ4n) is 1.46. The van der Waals surface area contributed by atoms with E-state index in [-0.39, 0.29) is 5.97 Å². The summed E-state index contributed by atoms with van der Waals surface area (Å²) in [5, 5.41) is 0. The molecular weight excluding hydrogens is 176 g/mol. The Morgan fingerprint density at radius 2 is 2.00 bits per heavy atom. The molecule has 0 saturated carbocycles. The van der Waals surface area contributed by atoms with Gasteiger partial charge < -0.3 is 4.74 Å². The second-order valence-corrected chi connectivity index (χ2v) is 3.49. The van der Waals surface area contributed by atoms with Gasteiger partial charge in [0.1, 0.15) is 6.61 Å². The van der Waals surface area contributed by atoms with Crippen molar-refractivity contribution in [2.45, 2.75) is 13.3 Å². The first kappa shape index (κ1) is 9.00. The van der Waals surface area contributed by atoms with E-state index in [0.717, 1.165) is 11.1 Å². The lowest BCUT2D eigenvalue weighted by molar-refractivity contribution is -0.136. The van der Waals surface area contributed by atoms with Crippen LogP contribution in [0, 0.1) is 6.92 Å². The second kappa shape index (κ2) is 3.66. The molecule has 0 saturated heterocycles. The first-order valence-corrected chi connectivity index (χ1v) is 4.67. The van der Waals surface area contributed by atoms with Gasteiger partial charge in [-0.3, -0.25) is 0 Å². The number of esters is 1. The lowest BCUT2D eigenvalue weighted by Crippen LogP contribution is -2.01. The Hall–Kier alpha value is -1.57. The maximum atomic E-state index is 11.2. The fourth-order valence-corrected chi connectivity index (χ4v) is 1.46. The van der Waals surface area contributed by atoms with E-state index in [1.165, 1.54) is 5.56 Å². The zero-order valence-corrected chi connectivity index (χ0v) is 8.12. The van der Waals surface area contributed by atoms with E-state index in [9.17, 15) is 4.79 Å². The molecule has 0 radical (unpaired) electrons. The molecule has 0 aliphatic carbocycles. The predicted molar refractivity (Wildman–Crippen MR) is 53.9 cm³/mol. The molecule has 72 valence electrons. The number of carbonyl (C=O) groups is 1. The van der Waals surface area contributed by atoms with Crippen molar-refractivity contribution in [1.82, 2.24) is 0 Å². The Balaban J connectivity index is 2.11. The maximum Gasteiger partial charge on any atom is 0.334 e. The number of hydrogen-bond donors (Lipinski definition) is 0. The zero-order chi connectivity index (χ0) is 9.97. The summed E-state index contributed by atoms with van der Waals surface area (Å²) in [5.74, 6) is -0.175. The number of aryl methyl sites for hydroxylation is 1.